The van der Waals surface area contributed by atoms with Gasteiger partial charge in [0.05, 0.1) is 17.5 Å². The number of piperazine rings is 1. The number of nitrogens with zero attached hydrogens (tertiary/aromatic N) is 2. The van der Waals surface area contributed by atoms with Gasteiger partial charge in [0.2, 0.25) is 0 Å². The fourth-order valence-corrected chi connectivity index (χ4v) is 2.41. The second-order valence-electron chi connectivity index (χ2n) is 5.39. The van der Waals surface area contributed by atoms with Crippen LogP contribution in [0.4, 0.5) is 0 Å². The molecule has 0 atom stereocenters. The Morgan fingerprint density at radius 3 is 2.22 bits per heavy atom. The summed E-state index contributed by atoms with van der Waals surface area (Å²) < 4.78 is 4.82. The molecule has 0 radical (unpaired) electrons. The maximum absolute atomic E-state index is 11.6. The van der Waals surface area contributed by atoms with Gasteiger partial charge in [0.1, 0.15) is 0 Å². The van der Waals surface area contributed by atoms with Crippen molar-refractivity contribution in [3.8, 4) is 0 Å². The molecule has 2 N–H and O–H groups in total. The Balaban J connectivity index is 2.39. The van der Waals surface area contributed by atoms with Gasteiger partial charge in [-0.3, -0.25) is 14.6 Å². The molecule has 6 heteroatoms. The molecular weight excluding hydrogens is 250 g/mol. The van der Waals surface area contributed by atoms with Crippen molar-refractivity contribution in [1.82, 2.24) is 9.80 Å². The Morgan fingerprint density at radius 1 is 1.28 bits per heavy atom. The van der Waals surface area contributed by atoms with Crippen LogP contribution in [0.1, 0.15) is 13.8 Å². The summed E-state index contributed by atoms with van der Waals surface area (Å²) in [4.78, 5) is 16.7. The minimum atomic E-state index is -0.458. The van der Waals surface area contributed by atoms with Crippen LogP contribution in [0.25, 0.3) is 0 Å². The van der Waals surface area contributed by atoms with E-state index in [9.17, 15) is 4.79 Å². The lowest BCUT2D eigenvalue weighted by Gasteiger charge is -2.37. The molecule has 0 saturated carbocycles. The van der Waals surface area contributed by atoms with E-state index in [0.717, 1.165) is 32.7 Å². The van der Waals surface area contributed by atoms with Gasteiger partial charge in [0.25, 0.3) is 0 Å². The topological polar surface area (TPSA) is 58.8 Å². The van der Waals surface area contributed by atoms with Gasteiger partial charge < -0.3 is 10.5 Å². The molecule has 104 valence electrons. The molecule has 1 rings (SSSR count). The lowest BCUT2D eigenvalue weighted by atomic mass is 9.92. The number of methoxy groups -OCH3 is 1. The van der Waals surface area contributed by atoms with Crippen molar-refractivity contribution in [2.45, 2.75) is 13.8 Å². The van der Waals surface area contributed by atoms with Crippen LogP contribution in [-0.2, 0) is 9.53 Å². The van der Waals surface area contributed by atoms with Gasteiger partial charge in [-0.2, -0.15) is 0 Å². The van der Waals surface area contributed by atoms with Crippen LogP contribution in [0, 0.1) is 5.41 Å². The van der Waals surface area contributed by atoms with Crippen LogP contribution in [0.3, 0.4) is 0 Å². The molecular formula is C12H23N3O2S. The summed E-state index contributed by atoms with van der Waals surface area (Å²) in [6.07, 6.45) is 0. The summed E-state index contributed by atoms with van der Waals surface area (Å²) >= 11 is 4.90. The van der Waals surface area contributed by atoms with E-state index in [2.05, 4.69) is 9.80 Å². The zero-order valence-electron chi connectivity index (χ0n) is 11.4. The lowest BCUT2D eigenvalue weighted by Crippen LogP contribution is -2.51. The molecule has 0 bridgehead atoms. The molecule has 1 aliphatic heterocycles. The maximum Gasteiger partial charge on any atom is 0.312 e. The van der Waals surface area contributed by atoms with Crippen molar-refractivity contribution in [1.29, 1.82) is 0 Å². The van der Waals surface area contributed by atoms with E-state index in [1.165, 1.54) is 7.11 Å². The second-order valence-corrected chi connectivity index (χ2v) is 5.92. The molecule has 18 heavy (non-hydrogen) atoms. The van der Waals surface area contributed by atoms with Crippen molar-refractivity contribution in [2.24, 2.45) is 11.1 Å². The Morgan fingerprint density at radius 2 is 1.78 bits per heavy atom. The average Bonchev–Trinajstić information content (AvgIpc) is 2.29. The van der Waals surface area contributed by atoms with Crippen molar-refractivity contribution in [3.05, 3.63) is 0 Å². The molecule has 5 nitrogen and oxygen atoms in total. The van der Waals surface area contributed by atoms with E-state index in [-0.39, 0.29) is 5.97 Å². The first-order chi connectivity index (χ1) is 8.35. The summed E-state index contributed by atoms with van der Waals surface area (Å²) in [6.45, 7) is 8.99. The van der Waals surface area contributed by atoms with E-state index in [1.54, 1.807) is 0 Å². The van der Waals surface area contributed by atoms with Gasteiger partial charge in [-0.15, -0.1) is 0 Å². The van der Waals surface area contributed by atoms with E-state index in [4.69, 9.17) is 22.7 Å². The average molecular weight is 273 g/mol. The van der Waals surface area contributed by atoms with Crippen molar-refractivity contribution < 1.29 is 9.53 Å². The molecule has 0 aliphatic carbocycles. The first-order valence-electron chi connectivity index (χ1n) is 6.16. The zero-order chi connectivity index (χ0) is 13.8. The Hall–Kier alpha value is -0.720. The molecule has 1 fully saturated rings. The summed E-state index contributed by atoms with van der Waals surface area (Å²) in [6, 6.07) is 0. The first kappa shape index (κ1) is 15.3. The quantitative estimate of drug-likeness (QED) is 0.566. The van der Waals surface area contributed by atoms with Crippen molar-refractivity contribution >= 4 is 23.2 Å². The van der Waals surface area contributed by atoms with Crippen LogP contribution in [0.2, 0.25) is 0 Å². The third kappa shape index (κ3) is 4.51. The highest BCUT2D eigenvalue weighted by molar-refractivity contribution is 7.80. The molecule has 1 saturated heterocycles. The molecule has 0 spiro atoms. The molecule has 0 aromatic carbocycles. The third-order valence-electron chi connectivity index (χ3n) is 3.20. The van der Waals surface area contributed by atoms with Crippen molar-refractivity contribution in [3.63, 3.8) is 0 Å². The van der Waals surface area contributed by atoms with Gasteiger partial charge in [-0.1, -0.05) is 12.2 Å². The third-order valence-corrected chi connectivity index (χ3v) is 3.33. The fourth-order valence-electron chi connectivity index (χ4n) is 2.23. The predicted octanol–water partition coefficient (Wildman–Crippen LogP) is 0.0893. The number of carbonyl (C=O) groups is 1. The van der Waals surface area contributed by atoms with E-state index in [1.807, 2.05) is 13.8 Å². The number of thiocarbonyl (C=S) groups is 1. The summed E-state index contributed by atoms with van der Waals surface area (Å²) in [5.74, 6) is -0.159. The van der Waals surface area contributed by atoms with E-state index < -0.39 is 5.41 Å². The van der Waals surface area contributed by atoms with Crippen LogP contribution in [0.15, 0.2) is 0 Å². The lowest BCUT2D eigenvalue weighted by molar-refractivity contribution is -0.152. The van der Waals surface area contributed by atoms with Gasteiger partial charge >= 0.3 is 5.97 Å². The summed E-state index contributed by atoms with van der Waals surface area (Å²) in [7, 11) is 1.43. The largest absolute Gasteiger partial charge is 0.469 e. The Bertz CT molecular complexity index is 312. The highest BCUT2D eigenvalue weighted by Crippen LogP contribution is 2.19. The SMILES string of the molecule is COC(=O)C(C)(C)CN1CCN(CC(N)=S)CC1. The summed E-state index contributed by atoms with van der Waals surface area (Å²) in [5, 5.41) is 0. The predicted molar refractivity (Wildman–Crippen MR) is 75.5 cm³/mol. The number of rotatable bonds is 5. The minimum absolute atomic E-state index is 0.159. The van der Waals surface area contributed by atoms with Crippen LogP contribution < -0.4 is 5.73 Å². The second kappa shape index (κ2) is 6.45. The Labute approximate surface area is 114 Å². The molecule has 0 aromatic rings. The minimum Gasteiger partial charge on any atom is -0.469 e. The monoisotopic (exact) mass is 273 g/mol. The molecule has 0 unspecified atom stereocenters. The molecule has 0 amide bonds. The van der Waals surface area contributed by atoms with Gasteiger partial charge in [0, 0.05) is 39.3 Å². The Kier molecular flexibility index (Phi) is 5.49. The number of ether oxygens (including phenoxy) is 1. The standard InChI is InChI=1S/C12H23N3O2S/c1-12(2,11(16)17-3)9-15-6-4-14(5-7-15)8-10(13)18/h4-9H2,1-3H3,(H2,13,18). The first-order valence-corrected chi connectivity index (χ1v) is 6.57. The van der Waals surface area contributed by atoms with Crippen LogP contribution >= 0.6 is 12.2 Å². The molecule has 1 aliphatic rings. The fraction of sp³-hybridized carbons (Fsp3) is 0.833. The number of hydrogen-bond donors (Lipinski definition) is 1. The van der Waals surface area contributed by atoms with E-state index in [0.29, 0.717) is 11.5 Å². The van der Waals surface area contributed by atoms with Gasteiger partial charge in [0.15, 0.2) is 0 Å². The zero-order valence-corrected chi connectivity index (χ0v) is 12.3. The number of hydrogen-bond acceptors (Lipinski definition) is 5. The number of esters is 1. The normalized spacial score (nSPS) is 18.6. The molecule has 1 heterocycles. The number of nitrogens with two attached hydrogens (primary N) is 1. The number of carbonyl (C=O) groups excluding carboxylic acids is 1. The van der Waals surface area contributed by atoms with Crippen LogP contribution in [-0.4, -0.2) is 67.1 Å². The maximum atomic E-state index is 11.6. The van der Waals surface area contributed by atoms with E-state index >= 15 is 0 Å². The smallest absolute Gasteiger partial charge is 0.312 e. The van der Waals surface area contributed by atoms with Gasteiger partial charge in [-0.25, -0.2) is 0 Å². The highest BCUT2D eigenvalue weighted by Gasteiger charge is 2.32. The summed E-state index contributed by atoms with van der Waals surface area (Å²) in [5.41, 5.74) is 5.07. The van der Waals surface area contributed by atoms with Crippen molar-refractivity contribution in [2.75, 3.05) is 46.4 Å². The molecule has 0 aromatic heterocycles. The highest BCUT2D eigenvalue weighted by atomic mass is 32.1. The van der Waals surface area contributed by atoms with Gasteiger partial charge in [-0.05, 0) is 13.8 Å². The van der Waals surface area contributed by atoms with Crippen LogP contribution in [0.5, 0.6) is 0 Å².